The number of amides is 1. The number of halogens is 1. The van der Waals surface area contributed by atoms with Crippen LogP contribution >= 0.6 is 15.9 Å². The summed E-state index contributed by atoms with van der Waals surface area (Å²) in [6.45, 7) is 0. The standard InChI is InChI=1S/C25H26BrN9O2/c26-19-20(14-8-15-3-4-16(9-14)34(15)24(36)22-29-12-30-33-22)32-23-17(11-31-35(23)21(19)27)13-2-5-18(28-10-13)25(37)6-1-7-25/h2,5,10-12,14-16,37H,1,3-4,6-9,27H2,(H,29,30,33)/t14-,15-,16+. The molecule has 1 saturated carbocycles. The van der Waals surface area contributed by atoms with E-state index in [0.29, 0.717) is 17.2 Å². The normalized spacial score (nSPS) is 24.4. The molecule has 2 saturated heterocycles. The first-order valence-electron chi connectivity index (χ1n) is 12.6. The lowest BCUT2D eigenvalue weighted by Crippen LogP contribution is -2.46. The fourth-order valence-corrected chi connectivity index (χ4v) is 6.83. The van der Waals surface area contributed by atoms with Crippen molar-refractivity contribution >= 4 is 33.3 Å². The monoisotopic (exact) mass is 563 g/mol. The summed E-state index contributed by atoms with van der Waals surface area (Å²) in [5.41, 5.74) is 9.70. The Bertz CT molecular complexity index is 1480. The zero-order valence-electron chi connectivity index (χ0n) is 20.0. The molecule has 7 rings (SSSR count). The van der Waals surface area contributed by atoms with Crippen molar-refractivity contribution in [1.82, 2.24) is 39.7 Å². The third kappa shape index (κ3) is 3.49. The molecule has 190 valence electrons. The number of nitrogens with zero attached hydrogens (tertiary/aromatic N) is 7. The number of nitrogens with two attached hydrogens (primary N) is 1. The van der Waals surface area contributed by atoms with Gasteiger partial charge in [0.05, 0.1) is 22.1 Å². The summed E-state index contributed by atoms with van der Waals surface area (Å²) in [6.07, 6.45) is 11.0. The number of aromatic nitrogens is 7. The Morgan fingerprint density at radius 3 is 2.59 bits per heavy atom. The Labute approximate surface area is 220 Å². The number of carbonyl (C=O) groups excluding carboxylic acids is 1. The average molecular weight is 564 g/mol. The maximum atomic E-state index is 13.1. The van der Waals surface area contributed by atoms with Crippen molar-refractivity contribution in [3.63, 3.8) is 0 Å². The molecule has 4 aromatic rings. The number of piperidine rings is 1. The third-order valence-corrected chi connectivity index (χ3v) is 9.17. The first kappa shape index (κ1) is 22.8. The minimum atomic E-state index is -0.802. The molecule has 0 radical (unpaired) electrons. The summed E-state index contributed by atoms with van der Waals surface area (Å²) in [6, 6.07) is 4.08. The van der Waals surface area contributed by atoms with Crippen molar-refractivity contribution in [3.05, 3.63) is 52.5 Å². The van der Waals surface area contributed by atoms with Gasteiger partial charge in [0.2, 0.25) is 5.82 Å². The summed E-state index contributed by atoms with van der Waals surface area (Å²) in [7, 11) is 0. The van der Waals surface area contributed by atoms with Gasteiger partial charge < -0.3 is 20.7 Å². The van der Waals surface area contributed by atoms with Gasteiger partial charge in [0, 0.05) is 35.3 Å². The van der Waals surface area contributed by atoms with E-state index < -0.39 is 5.60 Å². The van der Waals surface area contributed by atoms with Crippen LogP contribution in [0.2, 0.25) is 0 Å². The lowest BCUT2D eigenvalue weighted by molar-refractivity contribution is -0.0426. The molecule has 1 amide bonds. The van der Waals surface area contributed by atoms with E-state index in [1.165, 1.54) is 6.33 Å². The van der Waals surface area contributed by atoms with Crippen LogP contribution in [0.25, 0.3) is 16.8 Å². The van der Waals surface area contributed by atoms with Gasteiger partial charge in [-0.2, -0.15) is 9.61 Å². The largest absolute Gasteiger partial charge is 0.384 e. The number of rotatable bonds is 4. The number of nitrogen functional groups attached to an aromatic ring is 1. The van der Waals surface area contributed by atoms with Crippen LogP contribution < -0.4 is 5.73 Å². The van der Waals surface area contributed by atoms with Crippen molar-refractivity contribution < 1.29 is 9.90 Å². The van der Waals surface area contributed by atoms with Gasteiger partial charge in [0.1, 0.15) is 17.7 Å². The van der Waals surface area contributed by atoms with Gasteiger partial charge >= 0.3 is 0 Å². The van der Waals surface area contributed by atoms with Crippen molar-refractivity contribution in [2.45, 2.75) is 68.5 Å². The molecule has 3 aliphatic rings. The smallest absolute Gasteiger partial charge is 0.292 e. The molecule has 12 heteroatoms. The van der Waals surface area contributed by atoms with Crippen LogP contribution in [-0.4, -0.2) is 62.8 Å². The van der Waals surface area contributed by atoms with Gasteiger partial charge in [-0.15, -0.1) is 10.2 Å². The molecule has 6 heterocycles. The fraction of sp³-hybridized carbons (Fsp3) is 0.440. The lowest BCUT2D eigenvalue weighted by atomic mass is 9.77. The van der Waals surface area contributed by atoms with Crippen LogP contribution in [0.3, 0.4) is 0 Å². The predicted molar refractivity (Wildman–Crippen MR) is 137 cm³/mol. The predicted octanol–water partition coefficient (Wildman–Crippen LogP) is 3.18. The van der Waals surface area contributed by atoms with E-state index in [9.17, 15) is 9.90 Å². The molecule has 4 N–H and O–H groups in total. The highest BCUT2D eigenvalue weighted by molar-refractivity contribution is 9.10. The van der Waals surface area contributed by atoms with E-state index in [2.05, 4.69) is 41.2 Å². The zero-order chi connectivity index (χ0) is 25.3. The van der Waals surface area contributed by atoms with Gasteiger partial charge in [-0.3, -0.25) is 9.78 Å². The van der Waals surface area contributed by atoms with Crippen molar-refractivity contribution in [3.8, 4) is 11.1 Å². The van der Waals surface area contributed by atoms with Gasteiger partial charge in [0.25, 0.3) is 5.91 Å². The highest BCUT2D eigenvalue weighted by Crippen LogP contribution is 2.46. The number of pyridine rings is 1. The minimum absolute atomic E-state index is 0.0916. The van der Waals surface area contributed by atoms with Crippen LogP contribution in [0.4, 0.5) is 5.82 Å². The molecule has 2 aliphatic heterocycles. The Balaban J connectivity index is 1.21. The number of nitrogens with one attached hydrogen (secondary N) is 1. The Morgan fingerprint density at radius 1 is 1.19 bits per heavy atom. The summed E-state index contributed by atoms with van der Waals surface area (Å²) < 4.78 is 2.39. The zero-order valence-corrected chi connectivity index (χ0v) is 21.6. The molecule has 37 heavy (non-hydrogen) atoms. The van der Waals surface area contributed by atoms with Crippen LogP contribution in [0.1, 0.15) is 72.9 Å². The van der Waals surface area contributed by atoms with Crippen LogP contribution in [-0.2, 0) is 5.60 Å². The average Bonchev–Trinajstić information content (AvgIpc) is 3.63. The van der Waals surface area contributed by atoms with Gasteiger partial charge in [-0.05, 0) is 66.9 Å². The Hall–Kier alpha value is -3.38. The number of H-pyrrole nitrogens is 1. The first-order valence-corrected chi connectivity index (χ1v) is 13.4. The van der Waals surface area contributed by atoms with Crippen LogP contribution in [0, 0.1) is 0 Å². The molecule has 0 spiro atoms. The molecular formula is C25H26BrN9O2. The fourth-order valence-electron chi connectivity index (χ4n) is 6.25. The number of fused-ring (bicyclic) bond motifs is 3. The molecule has 0 aromatic carbocycles. The van der Waals surface area contributed by atoms with E-state index in [4.69, 9.17) is 10.7 Å². The van der Waals surface area contributed by atoms with Crippen LogP contribution in [0.5, 0.6) is 0 Å². The lowest BCUT2D eigenvalue weighted by Gasteiger charge is -2.38. The minimum Gasteiger partial charge on any atom is -0.384 e. The van der Waals surface area contributed by atoms with E-state index in [-0.39, 0.29) is 29.7 Å². The SMILES string of the molecule is Nc1c(Br)c([C@@H]2C[C@H]3CC[C@@H](C2)N3C(=O)c2nnc[nH]2)nc2c(-c3ccc(C4(O)CCC4)nc3)cnn12. The first-order chi connectivity index (χ1) is 17.9. The van der Waals surface area contributed by atoms with Gasteiger partial charge in [-0.1, -0.05) is 6.07 Å². The van der Waals surface area contributed by atoms with Crippen LogP contribution in [0.15, 0.2) is 35.3 Å². The highest BCUT2D eigenvalue weighted by Gasteiger charge is 2.45. The second-order valence-corrected chi connectivity index (χ2v) is 11.2. The number of carbonyl (C=O) groups is 1. The maximum Gasteiger partial charge on any atom is 0.292 e. The van der Waals surface area contributed by atoms with E-state index in [1.54, 1.807) is 16.9 Å². The van der Waals surface area contributed by atoms with Crippen molar-refractivity contribution in [1.29, 1.82) is 0 Å². The molecule has 4 aromatic heterocycles. The van der Waals surface area contributed by atoms with Gasteiger partial charge in [0.15, 0.2) is 5.65 Å². The number of aromatic amines is 1. The number of hydrogen-bond acceptors (Lipinski definition) is 8. The number of aliphatic hydroxyl groups is 1. The third-order valence-electron chi connectivity index (χ3n) is 8.35. The van der Waals surface area contributed by atoms with E-state index >= 15 is 0 Å². The molecule has 1 aliphatic carbocycles. The van der Waals surface area contributed by atoms with Crippen molar-refractivity contribution in [2.24, 2.45) is 0 Å². The maximum absolute atomic E-state index is 13.1. The Kier molecular flexibility index (Phi) is 5.12. The van der Waals surface area contributed by atoms with E-state index in [0.717, 1.165) is 66.2 Å². The Morgan fingerprint density at radius 2 is 1.97 bits per heavy atom. The number of anilines is 1. The summed E-state index contributed by atoms with van der Waals surface area (Å²) >= 11 is 3.69. The van der Waals surface area contributed by atoms with E-state index in [1.807, 2.05) is 17.0 Å². The second-order valence-electron chi connectivity index (χ2n) is 10.4. The van der Waals surface area contributed by atoms with Crippen molar-refractivity contribution in [2.75, 3.05) is 5.73 Å². The summed E-state index contributed by atoms with van der Waals surface area (Å²) in [5.74, 6) is 0.834. The molecule has 0 unspecified atom stereocenters. The quantitative estimate of drug-likeness (QED) is 0.342. The second kappa shape index (κ2) is 8.32. The summed E-state index contributed by atoms with van der Waals surface area (Å²) in [4.78, 5) is 27.5. The highest BCUT2D eigenvalue weighted by atomic mass is 79.9. The number of hydrogen-bond donors (Lipinski definition) is 3. The molecule has 3 fully saturated rings. The summed E-state index contributed by atoms with van der Waals surface area (Å²) in [5, 5.41) is 22.8. The molecule has 2 bridgehead atoms. The van der Waals surface area contributed by atoms with Gasteiger partial charge in [-0.25, -0.2) is 4.98 Å². The molecule has 11 nitrogen and oxygen atoms in total. The molecule has 3 atom stereocenters. The molecular weight excluding hydrogens is 538 g/mol. The topological polar surface area (TPSA) is 151 Å².